The minimum absolute atomic E-state index is 0.000613. The molecule has 0 bridgehead atoms. The molecule has 20 N–H and O–H groups in total. The fourth-order valence-corrected chi connectivity index (χ4v) is 5.89. The molecule has 338 valence electrons. The van der Waals surface area contributed by atoms with Crippen LogP contribution in [0.4, 0.5) is 0 Å². The molecule has 0 aliphatic rings. The van der Waals surface area contributed by atoms with Crippen molar-refractivity contribution in [2.75, 3.05) is 13.1 Å². The number of carboxylic acids is 1. The smallest absolute Gasteiger partial charge is 0.326 e. The van der Waals surface area contributed by atoms with Crippen molar-refractivity contribution >= 4 is 59.2 Å². The fraction of sp³-hybridized carbons (Fsp3) is 0.436. The number of nitrogens with two attached hydrogens (primary N) is 7. The van der Waals surface area contributed by atoms with Gasteiger partial charge in [0.15, 0.2) is 11.9 Å². The number of carbonyl (C=O) groups is 8. The van der Waals surface area contributed by atoms with Gasteiger partial charge in [-0.15, -0.1) is 0 Å². The lowest BCUT2D eigenvalue weighted by molar-refractivity contribution is -0.142. The topological polar surface area (TPSA) is 424 Å². The summed E-state index contributed by atoms with van der Waals surface area (Å²) in [4.78, 5) is 112. The van der Waals surface area contributed by atoms with Crippen LogP contribution < -0.4 is 66.7 Å². The summed E-state index contributed by atoms with van der Waals surface area (Å²) in [6.45, 7) is 0.0263. The Morgan fingerprint density at radius 1 is 0.500 bits per heavy atom. The Kier molecular flexibility index (Phi) is 21.9. The van der Waals surface area contributed by atoms with Crippen molar-refractivity contribution in [3.05, 3.63) is 71.8 Å². The number of aliphatic carboxylic acids is 1. The Balaban J connectivity index is 2.40. The normalized spacial score (nSPS) is 13.6. The lowest BCUT2D eigenvalue weighted by Gasteiger charge is -2.27. The molecule has 2 aromatic rings. The molecule has 0 spiro atoms. The Hall–Kier alpha value is -7.30. The van der Waals surface area contributed by atoms with E-state index in [0.29, 0.717) is 5.56 Å². The van der Waals surface area contributed by atoms with E-state index < -0.39 is 90.0 Å². The number of carboxylic acid groups (broad SMARTS) is 1. The average Bonchev–Trinajstić information content (AvgIpc) is 3.21. The van der Waals surface area contributed by atoms with Crippen molar-refractivity contribution in [3.8, 4) is 0 Å². The molecule has 0 aliphatic heterocycles. The van der Waals surface area contributed by atoms with Crippen LogP contribution in [0.3, 0.4) is 0 Å². The highest BCUT2D eigenvalue weighted by Crippen LogP contribution is 2.10. The van der Waals surface area contributed by atoms with Gasteiger partial charge in [-0.3, -0.25) is 43.5 Å². The lowest BCUT2D eigenvalue weighted by Crippen LogP contribution is -2.60. The molecule has 23 nitrogen and oxygen atoms in total. The molecule has 0 aromatic heterocycles. The predicted octanol–water partition coefficient (Wildman–Crippen LogP) is -4.44. The van der Waals surface area contributed by atoms with Gasteiger partial charge in [-0.2, -0.15) is 0 Å². The first-order valence-corrected chi connectivity index (χ1v) is 19.6. The molecule has 6 atom stereocenters. The van der Waals surface area contributed by atoms with Crippen LogP contribution in [0.15, 0.2) is 70.6 Å². The van der Waals surface area contributed by atoms with E-state index in [4.69, 9.17) is 40.1 Å². The zero-order chi connectivity index (χ0) is 46.2. The summed E-state index contributed by atoms with van der Waals surface area (Å²) >= 11 is 0. The first-order valence-electron chi connectivity index (χ1n) is 19.6. The number of nitrogens with one attached hydrogen (secondary N) is 5. The van der Waals surface area contributed by atoms with E-state index in [2.05, 4.69) is 36.6 Å². The number of guanidine groups is 2. The summed E-state index contributed by atoms with van der Waals surface area (Å²) in [5.41, 5.74) is 39.9. The summed E-state index contributed by atoms with van der Waals surface area (Å²) in [6, 6.07) is 9.21. The molecular formula is C39H58N14O9. The zero-order valence-corrected chi connectivity index (χ0v) is 34.2. The lowest BCUT2D eigenvalue weighted by atomic mass is 10.0. The molecule has 0 fully saturated rings. The molecule has 23 heteroatoms. The van der Waals surface area contributed by atoms with Crippen LogP contribution >= 0.6 is 0 Å². The number of nitrogens with zero attached hydrogens (tertiary/aromatic N) is 2. The Bertz CT molecular complexity index is 1890. The molecule has 7 amide bonds. The monoisotopic (exact) mass is 866 g/mol. The third kappa shape index (κ3) is 20.1. The van der Waals surface area contributed by atoms with Gasteiger partial charge in [0.2, 0.25) is 41.4 Å². The first kappa shape index (κ1) is 50.8. The second-order valence-corrected chi connectivity index (χ2v) is 14.2. The van der Waals surface area contributed by atoms with Gasteiger partial charge in [0.05, 0.1) is 12.5 Å². The Morgan fingerprint density at radius 2 is 0.903 bits per heavy atom. The van der Waals surface area contributed by atoms with Gasteiger partial charge < -0.3 is 71.8 Å². The SMILES string of the molecule is NC(=O)CCC(NC(=O)C(CCCN=C(N)N)NC(=O)C(CC(N)=O)NC(=O)C(CCCN=C(N)N)NC(=O)C(Cc1ccccc1)NC(=O)C(N)Cc1ccccc1)C(=O)O. The van der Waals surface area contributed by atoms with Crippen molar-refractivity contribution in [3.63, 3.8) is 0 Å². The summed E-state index contributed by atoms with van der Waals surface area (Å²) in [6.07, 6.45) is -1.44. The highest BCUT2D eigenvalue weighted by atomic mass is 16.4. The number of benzene rings is 2. The molecule has 62 heavy (non-hydrogen) atoms. The maximum Gasteiger partial charge on any atom is 0.326 e. The highest BCUT2D eigenvalue weighted by Gasteiger charge is 2.33. The number of primary amides is 2. The van der Waals surface area contributed by atoms with Gasteiger partial charge in [0.25, 0.3) is 0 Å². The number of hydrogen-bond donors (Lipinski definition) is 13. The minimum Gasteiger partial charge on any atom is -0.480 e. The van der Waals surface area contributed by atoms with Gasteiger partial charge in [-0.05, 0) is 49.7 Å². The fourth-order valence-electron chi connectivity index (χ4n) is 5.89. The van der Waals surface area contributed by atoms with Crippen LogP contribution in [-0.2, 0) is 51.2 Å². The van der Waals surface area contributed by atoms with E-state index in [0.717, 1.165) is 5.56 Å². The number of amides is 7. The van der Waals surface area contributed by atoms with Crippen molar-refractivity contribution < 1.29 is 43.5 Å². The Morgan fingerprint density at radius 3 is 1.34 bits per heavy atom. The van der Waals surface area contributed by atoms with Crippen molar-refractivity contribution in [2.24, 2.45) is 50.1 Å². The number of aliphatic imine (C=N–C) groups is 2. The maximum absolute atomic E-state index is 14.0. The number of rotatable bonds is 28. The summed E-state index contributed by atoms with van der Waals surface area (Å²) in [7, 11) is 0. The van der Waals surface area contributed by atoms with E-state index in [1.54, 1.807) is 54.6 Å². The minimum atomic E-state index is -1.73. The van der Waals surface area contributed by atoms with Crippen LogP contribution in [0.25, 0.3) is 0 Å². The van der Waals surface area contributed by atoms with E-state index in [9.17, 15) is 43.5 Å². The predicted molar refractivity (Wildman–Crippen MR) is 228 cm³/mol. The molecule has 0 saturated carbocycles. The molecule has 0 radical (unpaired) electrons. The maximum atomic E-state index is 14.0. The van der Waals surface area contributed by atoms with Gasteiger partial charge in [-0.25, -0.2) is 4.79 Å². The molecule has 0 heterocycles. The average molecular weight is 867 g/mol. The van der Waals surface area contributed by atoms with Gasteiger partial charge in [0.1, 0.15) is 30.2 Å². The summed E-state index contributed by atoms with van der Waals surface area (Å²) in [5, 5.41) is 22.0. The molecule has 2 aromatic carbocycles. The van der Waals surface area contributed by atoms with Crippen LogP contribution in [0.1, 0.15) is 56.1 Å². The summed E-state index contributed by atoms with van der Waals surface area (Å²) in [5.74, 6) is -8.32. The first-order chi connectivity index (χ1) is 29.4. The third-order valence-electron chi connectivity index (χ3n) is 9.04. The van der Waals surface area contributed by atoms with Crippen molar-refractivity contribution in [1.82, 2.24) is 26.6 Å². The van der Waals surface area contributed by atoms with Crippen molar-refractivity contribution in [1.29, 1.82) is 0 Å². The molecule has 2 rings (SSSR count). The van der Waals surface area contributed by atoms with Gasteiger partial charge in [0, 0.05) is 25.9 Å². The van der Waals surface area contributed by atoms with E-state index in [-0.39, 0.29) is 76.4 Å². The second-order valence-electron chi connectivity index (χ2n) is 14.2. The summed E-state index contributed by atoms with van der Waals surface area (Å²) < 4.78 is 0. The number of hydrogen-bond acceptors (Lipinski definition) is 11. The van der Waals surface area contributed by atoms with E-state index in [1.807, 2.05) is 6.07 Å². The van der Waals surface area contributed by atoms with E-state index >= 15 is 0 Å². The molecule has 0 saturated heterocycles. The molecular weight excluding hydrogens is 809 g/mol. The number of carbonyl (C=O) groups excluding carboxylic acids is 7. The van der Waals surface area contributed by atoms with Gasteiger partial charge in [-0.1, -0.05) is 60.7 Å². The van der Waals surface area contributed by atoms with Crippen LogP contribution in [-0.4, -0.2) is 114 Å². The van der Waals surface area contributed by atoms with Crippen LogP contribution in [0, 0.1) is 0 Å². The largest absolute Gasteiger partial charge is 0.480 e. The zero-order valence-electron chi connectivity index (χ0n) is 34.2. The van der Waals surface area contributed by atoms with Crippen LogP contribution in [0.2, 0.25) is 0 Å². The third-order valence-corrected chi connectivity index (χ3v) is 9.04. The Labute approximate surface area is 357 Å². The highest BCUT2D eigenvalue weighted by molar-refractivity contribution is 5.98. The quantitative estimate of drug-likeness (QED) is 0.0218. The van der Waals surface area contributed by atoms with E-state index in [1.165, 1.54) is 0 Å². The molecule has 6 unspecified atom stereocenters. The second kappa shape index (κ2) is 26.7. The van der Waals surface area contributed by atoms with Crippen LogP contribution in [0.5, 0.6) is 0 Å². The van der Waals surface area contributed by atoms with Crippen molar-refractivity contribution in [2.45, 2.75) is 94.0 Å². The van der Waals surface area contributed by atoms with Gasteiger partial charge >= 0.3 is 5.97 Å². The standard InChI is InChI=1S/C39H58N14O9/c40-24(19-22-9-3-1-4-10-22)32(56)52-28(20-23-11-5-2-6-12-23)35(59)49-26(14-8-18-48-39(45)46)34(58)53-29(21-31(42)55)36(60)50-25(13-7-17-47-38(43)44)33(57)51-27(37(61)62)15-16-30(41)54/h1-6,9-12,24-29H,7-8,13-21,40H2,(H2,41,54)(H2,42,55)(H,49,59)(H,50,60)(H,51,57)(H,52,56)(H,53,58)(H,61,62)(H4,43,44,47)(H4,45,46,48). The molecule has 0 aliphatic carbocycles.